The molecule has 10 heteroatoms. The Balaban J connectivity index is 1.21. The minimum absolute atomic E-state index is 0.102. The summed E-state index contributed by atoms with van der Waals surface area (Å²) in [7, 11) is 0. The predicted octanol–water partition coefficient (Wildman–Crippen LogP) is 6.27. The van der Waals surface area contributed by atoms with Crippen molar-refractivity contribution in [3.05, 3.63) is 129 Å². The number of hydrazone groups is 1. The fourth-order valence-electron chi connectivity index (χ4n) is 5.13. The number of hydrogen-bond donors (Lipinski definition) is 1. The average molecular weight is 621 g/mol. The number of aryl methyl sites for hydroxylation is 2. The van der Waals surface area contributed by atoms with Crippen LogP contribution in [0.1, 0.15) is 45.4 Å². The first kappa shape index (κ1) is 29.5. The molecule has 6 rings (SSSR count). The molecule has 8 nitrogen and oxygen atoms in total. The van der Waals surface area contributed by atoms with E-state index in [-0.39, 0.29) is 36.6 Å². The lowest BCUT2D eigenvalue weighted by molar-refractivity contribution is -0.130. The maximum Gasteiger partial charge on any atom is 0.253 e. The molecule has 0 spiro atoms. The van der Waals surface area contributed by atoms with Gasteiger partial charge in [0.15, 0.2) is 11.0 Å². The van der Waals surface area contributed by atoms with Crippen molar-refractivity contribution in [2.45, 2.75) is 44.4 Å². The molecule has 1 aliphatic heterocycles. The highest BCUT2D eigenvalue weighted by Gasteiger charge is 2.33. The normalized spacial score (nSPS) is 14.5. The molecule has 44 heavy (non-hydrogen) atoms. The Hall–Kier alpha value is -4.54. The molecule has 0 radical (unpaired) electrons. The van der Waals surface area contributed by atoms with Crippen molar-refractivity contribution >= 4 is 40.6 Å². The van der Waals surface area contributed by atoms with E-state index in [0.29, 0.717) is 17.4 Å². The molecule has 0 aliphatic carbocycles. The second-order valence-electron chi connectivity index (χ2n) is 10.7. The summed E-state index contributed by atoms with van der Waals surface area (Å²) in [5.41, 5.74) is 6.03. The summed E-state index contributed by atoms with van der Waals surface area (Å²) in [6, 6.07) is 29.8. The van der Waals surface area contributed by atoms with Gasteiger partial charge >= 0.3 is 0 Å². The standard InChI is InChI=1S/C34H32N6O2S2/c1-23-13-15-26(16-14-23)29-20-28(30-12-7-17-43-30)38-40(29)33(42)22-44-34-37-36-31(39(34)27-11-6-8-24(2)18-27)21-35-32(41)19-25-9-4-3-5-10-25/h3-18,29H,19-22H2,1-2H3,(H,35,41)/t29-/m1/s1. The van der Waals surface area contributed by atoms with Crippen molar-refractivity contribution < 1.29 is 9.59 Å². The minimum atomic E-state index is -0.175. The van der Waals surface area contributed by atoms with Crippen molar-refractivity contribution in [2.75, 3.05) is 5.75 Å². The van der Waals surface area contributed by atoms with Crippen LogP contribution < -0.4 is 5.32 Å². The number of aromatic nitrogens is 3. The summed E-state index contributed by atoms with van der Waals surface area (Å²) < 4.78 is 1.91. The van der Waals surface area contributed by atoms with E-state index < -0.39 is 0 Å². The Labute approximate surface area is 264 Å². The highest BCUT2D eigenvalue weighted by Crippen LogP contribution is 2.35. The molecule has 1 N–H and O–H groups in total. The van der Waals surface area contributed by atoms with Gasteiger partial charge < -0.3 is 5.32 Å². The predicted molar refractivity (Wildman–Crippen MR) is 175 cm³/mol. The lowest BCUT2D eigenvalue weighted by Crippen LogP contribution is -2.28. The van der Waals surface area contributed by atoms with Crippen molar-refractivity contribution in [2.24, 2.45) is 5.10 Å². The van der Waals surface area contributed by atoms with Gasteiger partial charge in [0.05, 0.1) is 35.3 Å². The van der Waals surface area contributed by atoms with E-state index in [1.165, 1.54) is 17.3 Å². The van der Waals surface area contributed by atoms with Gasteiger partial charge in [-0.25, -0.2) is 5.01 Å². The van der Waals surface area contributed by atoms with Crippen molar-refractivity contribution in [3.63, 3.8) is 0 Å². The van der Waals surface area contributed by atoms with Crippen molar-refractivity contribution in [3.8, 4) is 5.69 Å². The van der Waals surface area contributed by atoms with Crippen LogP contribution in [0.3, 0.4) is 0 Å². The molecule has 0 unspecified atom stereocenters. The van der Waals surface area contributed by atoms with Crippen LogP contribution >= 0.6 is 23.1 Å². The molecule has 2 aromatic heterocycles. The molecule has 0 saturated heterocycles. The number of thiophene rings is 1. The molecule has 3 heterocycles. The third-order valence-corrected chi connectivity index (χ3v) is 9.20. The molecule has 5 aromatic rings. The molecule has 0 saturated carbocycles. The molecule has 1 aliphatic rings. The Morgan fingerprint density at radius 2 is 1.75 bits per heavy atom. The van der Waals surface area contributed by atoms with Gasteiger partial charge in [0.1, 0.15) is 0 Å². The number of amides is 2. The largest absolute Gasteiger partial charge is 0.348 e. The highest BCUT2D eigenvalue weighted by molar-refractivity contribution is 7.99. The van der Waals surface area contributed by atoms with Gasteiger partial charge in [0.25, 0.3) is 5.91 Å². The zero-order valence-electron chi connectivity index (χ0n) is 24.5. The Morgan fingerprint density at radius 1 is 0.932 bits per heavy atom. The van der Waals surface area contributed by atoms with Crippen LogP contribution in [0.2, 0.25) is 0 Å². The van der Waals surface area contributed by atoms with E-state index in [1.54, 1.807) is 16.3 Å². The average Bonchev–Trinajstić information content (AvgIpc) is 3.80. The molecule has 2 amide bonds. The number of nitrogens with one attached hydrogen (secondary N) is 1. The third kappa shape index (κ3) is 6.82. The number of thioether (sulfide) groups is 1. The van der Waals surface area contributed by atoms with E-state index in [0.717, 1.165) is 33.0 Å². The minimum Gasteiger partial charge on any atom is -0.348 e. The van der Waals surface area contributed by atoms with Gasteiger partial charge in [-0.2, -0.15) is 5.10 Å². The smallest absolute Gasteiger partial charge is 0.253 e. The fourth-order valence-corrected chi connectivity index (χ4v) is 6.67. The van der Waals surface area contributed by atoms with Crippen LogP contribution in [0.4, 0.5) is 0 Å². The topological polar surface area (TPSA) is 92.5 Å². The molecule has 1 atom stereocenters. The number of hydrogen-bond acceptors (Lipinski definition) is 7. The second kappa shape index (κ2) is 13.4. The summed E-state index contributed by atoms with van der Waals surface area (Å²) in [5, 5.41) is 20.9. The fraction of sp³-hybridized carbons (Fsp3) is 0.206. The first-order valence-corrected chi connectivity index (χ1v) is 16.3. The summed E-state index contributed by atoms with van der Waals surface area (Å²) in [6.07, 6.45) is 0.938. The van der Waals surface area contributed by atoms with Crippen LogP contribution in [-0.2, 0) is 22.6 Å². The highest BCUT2D eigenvalue weighted by atomic mass is 32.2. The maximum absolute atomic E-state index is 13.8. The molecular formula is C34H32N6O2S2. The summed E-state index contributed by atoms with van der Waals surface area (Å²) >= 11 is 2.95. The number of nitrogens with zero attached hydrogens (tertiary/aromatic N) is 5. The van der Waals surface area contributed by atoms with E-state index in [4.69, 9.17) is 5.10 Å². The number of carbonyl (C=O) groups excluding carboxylic acids is 2. The van der Waals surface area contributed by atoms with E-state index >= 15 is 0 Å². The Morgan fingerprint density at radius 3 is 2.50 bits per heavy atom. The Bertz CT molecular complexity index is 1780. The third-order valence-electron chi connectivity index (χ3n) is 7.37. The second-order valence-corrected chi connectivity index (χ2v) is 12.6. The molecule has 0 bridgehead atoms. The van der Waals surface area contributed by atoms with Gasteiger partial charge in [0, 0.05) is 12.1 Å². The van der Waals surface area contributed by atoms with Gasteiger partial charge in [-0.3, -0.25) is 14.2 Å². The van der Waals surface area contributed by atoms with Gasteiger partial charge in [-0.1, -0.05) is 90.1 Å². The van der Waals surface area contributed by atoms with Crippen LogP contribution in [0.5, 0.6) is 0 Å². The van der Waals surface area contributed by atoms with Gasteiger partial charge in [-0.15, -0.1) is 21.5 Å². The number of rotatable bonds is 10. The van der Waals surface area contributed by atoms with Crippen LogP contribution in [0.25, 0.3) is 5.69 Å². The van der Waals surface area contributed by atoms with Crippen molar-refractivity contribution in [1.82, 2.24) is 25.1 Å². The molecule has 222 valence electrons. The van der Waals surface area contributed by atoms with E-state index in [9.17, 15) is 9.59 Å². The molecular weight excluding hydrogens is 589 g/mol. The maximum atomic E-state index is 13.8. The van der Waals surface area contributed by atoms with Gasteiger partial charge in [-0.05, 0) is 54.1 Å². The lowest BCUT2D eigenvalue weighted by atomic mass is 10.00. The summed E-state index contributed by atoms with van der Waals surface area (Å²) in [5.74, 6) is 0.510. The van der Waals surface area contributed by atoms with Crippen LogP contribution in [-0.4, -0.2) is 43.1 Å². The van der Waals surface area contributed by atoms with E-state index in [1.807, 2.05) is 83.6 Å². The SMILES string of the molecule is Cc1ccc([C@H]2CC(c3cccs3)=NN2C(=O)CSc2nnc(CNC(=O)Cc3ccccc3)n2-c2cccc(C)c2)cc1. The summed E-state index contributed by atoms with van der Waals surface area (Å²) in [4.78, 5) is 27.5. The zero-order valence-corrected chi connectivity index (χ0v) is 26.1. The lowest BCUT2D eigenvalue weighted by Gasteiger charge is -2.22. The monoisotopic (exact) mass is 620 g/mol. The van der Waals surface area contributed by atoms with Crippen molar-refractivity contribution in [1.29, 1.82) is 0 Å². The molecule has 0 fully saturated rings. The number of benzene rings is 3. The first-order valence-electron chi connectivity index (χ1n) is 14.4. The Kier molecular flexibility index (Phi) is 8.99. The summed E-state index contributed by atoms with van der Waals surface area (Å²) in [6.45, 7) is 4.28. The van der Waals surface area contributed by atoms with Crippen LogP contribution in [0.15, 0.2) is 107 Å². The van der Waals surface area contributed by atoms with E-state index in [2.05, 4.69) is 46.7 Å². The van der Waals surface area contributed by atoms with Crippen LogP contribution in [0, 0.1) is 13.8 Å². The quantitative estimate of drug-likeness (QED) is 0.186. The van der Waals surface area contributed by atoms with Gasteiger partial charge in [0.2, 0.25) is 5.91 Å². The number of carbonyl (C=O) groups is 2. The first-order chi connectivity index (χ1) is 21.4. The molecule has 3 aromatic carbocycles. The zero-order chi connectivity index (χ0) is 30.5.